The number of nitrogens with one attached hydrogen (secondary N) is 1. The minimum atomic E-state index is -0.534. The summed E-state index contributed by atoms with van der Waals surface area (Å²) < 4.78 is 0. The van der Waals surface area contributed by atoms with Gasteiger partial charge in [-0.25, -0.2) is 4.98 Å². The van der Waals surface area contributed by atoms with Gasteiger partial charge in [0, 0.05) is 36.6 Å². The molecule has 3 aromatic rings. The van der Waals surface area contributed by atoms with E-state index in [0.29, 0.717) is 30.4 Å². The highest BCUT2D eigenvalue weighted by Gasteiger charge is 2.32. The van der Waals surface area contributed by atoms with Crippen molar-refractivity contribution in [2.24, 2.45) is 11.7 Å². The Morgan fingerprint density at radius 1 is 1.23 bits per heavy atom. The van der Waals surface area contributed by atoms with Crippen molar-refractivity contribution in [3.8, 4) is 0 Å². The maximum atomic E-state index is 13.0. The number of aliphatic hydroxyl groups is 1. The molecule has 162 valence electrons. The summed E-state index contributed by atoms with van der Waals surface area (Å²) in [7, 11) is 0. The van der Waals surface area contributed by atoms with Gasteiger partial charge in [-0.1, -0.05) is 39.0 Å². The molecule has 0 radical (unpaired) electrons. The van der Waals surface area contributed by atoms with Gasteiger partial charge in [0.05, 0.1) is 29.2 Å². The van der Waals surface area contributed by atoms with Crippen molar-refractivity contribution in [1.29, 1.82) is 0 Å². The van der Waals surface area contributed by atoms with Crippen molar-refractivity contribution >= 4 is 28.2 Å². The first kappa shape index (κ1) is 21.2. The fourth-order valence-corrected chi connectivity index (χ4v) is 4.08. The van der Waals surface area contributed by atoms with Gasteiger partial charge in [-0.2, -0.15) is 0 Å². The fourth-order valence-electron chi connectivity index (χ4n) is 4.08. The maximum absolute atomic E-state index is 13.0. The summed E-state index contributed by atoms with van der Waals surface area (Å²) in [5, 5.41) is 14.1. The van der Waals surface area contributed by atoms with E-state index in [1.165, 1.54) is 5.56 Å². The third-order valence-corrected chi connectivity index (χ3v) is 5.96. The lowest BCUT2D eigenvalue weighted by Crippen LogP contribution is -2.55. The van der Waals surface area contributed by atoms with E-state index in [-0.39, 0.29) is 17.9 Å². The molecule has 1 fully saturated rings. The summed E-state index contributed by atoms with van der Waals surface area (Å²) in [6, 6.07) is 11.3. The van der Waals surface area contributed by atoms with E-state index >= 15 is 0 Å². The molecule has 0 aliphatic carbocycles. The molecule has 2 aromatic heterocycles. The minimum absolute atomic E-state index is 0.0257. The lowest BCUT2D eigenvalue weighted by Gasteiger charge is -2.40. The highest BCUT2D eigenvalue weighted by Crippen LogP contribution is 2.29. The van der Waals surface area contributed by atoms with Crippen LogP contribution in [0.3, 0.4) is 0 Å². The zero-order valence-electron chi connectivity index (χ0n) is 18.1. The summed E-state index contributed by atoms with van der Waals surface area (Å²) >= 11 is 0. The van der Waals surface area contributed by atoms with Crippen LogP contribution in [0.25, 0.3) is 10.9 Å². The molecule has 1 aliphatic rings. The van der Waals surface area contributed by atoms with Crippen LogP contribution in [0.5, 0.6) is 0 Å². The van der Waals surface area contributed by atoms with Crippen molar-refractivity contribution in [1.82, 2.24) is 9.97 Å². The van der Waals surface area contributed by atoms with Gasteiger partial charge in [0.25, 0.3) is 5.91 Å². The number of rotatable bonds is 4. The molecule has 7 nitrogen and oxygen atoms in total. The van der Waals surface area contributed by atoms with Gasteiger partial charge in [0.15, 0.2) is 0 Å². The van der Waals surface area contributed by atoms with Crippen molar-refractivity contribution in [2.45, 2.75) is 38.8 Å². The monoisotopic (exact) mass is 419 g/mol. The van der Waals surface area contributed by atoms with E-state index in [4.69, 9.17) is 5.73 Å². The first-order valence-corrected chi connectivity index (χ1v) is 10.7. The zero-order chi connectivity index (χ0) is 22.1. The number of fused-ring (bicyclic) bond motifs is 1. The van der Waals surface area contributed by atoms with Crippen LogP contribution in [-0.2, 0) is 0 Å². The Labute approximate surface area is 182 Å². The van der Waals surface area contributed by atoms with E-state index in [1.54, 1.807) is 18.5 Å². The molecule has 0 bridgehead atoms. The second kappa shape index (κ2) is 8.61. The predicted octanol–water partition coefficient (Wildman–Crippen LogP) is 3.15. The number of hydrogen-bond acceptors (Lipinski definition) is 6. The van der Waals surface area contributed by atoms with Gasteiger partial charge >= 0.3 is 0 Å². The Balaban J connectivity index is 1.59. The second-order valence-electron chi connectivity index (χ2n) is 8.69. The topological polar surface area (TPSA) is 104 Å². The lowest BCUT2D eigenvalue weighted by atomic mass is 9.92. The zero-order valence-corrected chi connectivity index (χ0v) is 18.1. The molecule has 0 saturated carbocycles. The van der Waals surface area contributed by atoms with E-state index in [1.807, 2.05) is 31.2 Å². The smallest absolute Gasteiger partial charge is 0.274 e. The minimum Gasteiger partial charge on any atom is -0.391 e. The number of pyridine rings is 2. The van der Waals surface area contributed by atoms with Crippen LogP contribution in [0.2, 0.25) is 0 Å². The van der Waals surface area contributed by atoms with Crippen molar-refractivity contribution in [3.05, 3.63) is 60.0 Å². The molecule has 3 unspecified atom stereocenters. The van der Waals surface area contributed by atoms with E-state index < -0.39 is 6.10 Å². The van der Waals surface area contributed by atoms with Crippen molar-refractivity contribution < 1.29 is 9.90 Å². The van der Waals surface area contributed by atoms with Crippen molar-refractivity contribution in [2.75, 3.05) is 23.3 Å². The van der Waals surface area contributed by atoms with Crippen LogP contribution in [-0.4, -0.2) is 46.2 Å². The highest BCUT2D eigenvalue weighted by atomic mass is 16.3. The van der Waals surface area contributed by atoms with E-state index in [2.05, 4.69) is 40.1 Å². The number of aromatic nitrogens is 2. The lowest BCUT2D eigenvalue weighted by molar-refractivity contribution is 0.0785. The number of amides is 1. The molecule has 1 saturated heterocycles. The Morgan fingerprint density at radius 3 is 2.74 bits per heavy atom. The quantitative estimate of drug-likeness (QED) is 0.600. The first-order valence-electron chi connectivity index (χ1n) is 10.7. The summed E-state index contributed by atoms with van der Waals surface area (Å²) in [5.41, 5.74) is 9.89. The van der Waals surface area contributed by atoms with Gasteiger partial charge in [0.2, 0.25) is 0 Å². The second-order valence-corrected chi connectivity index (χ2v) is 8.69. The van der Waals surface area contributed by atoms with Gasteiger partial charge in [-0.15, -0.1) is 0 Å². The van der Waals surface area contributed by atoms with Crippen LogP contribution in [0.4, 0.5) is 11.4 Å². The van der Waals surface area contributed by atoms with Crippen molar-refractivity contribution in [3.63, 3.8) is 0 Å². The third-order valence-electron chi connectivity index (χ3n) is 5.96. The first-order chi connectivity index (χ1) is 14.8. The van der Waals surface area contributed by atoms with Crippen LogP contribution < -0.4 is 16.0 Å². The number of hydrogen-bond donors (Lipinski definition) is 3. The average molecular weight is 420 g/mol. The van der Waals surface area contributed by atoms with Gasteiger partial charge in [0.1, 0.15) is 5.69 Å². The normalized spacial score (nSPS) is 21.5. The Morgan fingerprint density at radius 2 is 2.00 bits per heavy atom. The molecule has 3 atom stereocenters. The van der Waals surface area contributed by atoms with Gasteiger partial charge in [-0.3, -0.25) is 9.78 Å². The predicted molar refractivity (Wildman–Crippen MR) is 123 cm³/mol. The molecule has 4 N–H and O–H groups in total. The van der Waals surface area contributed by atoms with Crippen LogP contribution in [0.15, 0.2) is 48.8 Å². The SMILES string of the molecule is CC(C)c1ccc2ccc(C(=O)Nc3cnccc3N3CC(C)C(O)C(N)C3)nc2c1. The maximum Gasteiger partial charge on any atom is 0.274 e. The largest absolute Gasteiger partial charge is 0.391 e. The molecule has 4 rings (SSSR count). The summed E-state index contributed by atoms with van der Waals surface area (Å²) in [6.07, 6.45) is 2.79. The standard InChI is InChI=1S/C24H29N5O2/c1-14(2)17-5-4-16-6-7-19(27-20(16)10-17)24(31)28-21-11-26-9-8-22(21)29-12-15(3)23(30)18(25)13-29/h4-11,14-15,18,23,30H,12-13,25H2,1-3H3,(H,28,31). The van der Waals surface area contributed by atoms with Crippen LogP contribution >= 0.6 is 0 Å². The Hall–Kier alpha value is -3.03. The van der Waals surface area contributed by atoms with Crippen LogP contribution in [0.1, 0.15) is 42.7 Å². The summed E-state index contributed by atoms with van der Waals surface area (Å²) in [6.45, 7) is 7.39. The number of nitrogens with zero attached hydrogens (tertiary/aromatic N) is 3. The van der Waals surface area contributed by atoms with E-state index in [9.17, 15) is 9.90 Å². The number of aliphatic hydroxyl groups excluding tert-OH is 1. The number of carbonyl (C=O) groups is 1. The highest BCUT2D eigenvalue weighted by molar-refractivity contribution is 6.05. The molecule has 0 spiro atoms. The molecule has 7 heteroatoms. The Bertz CT molecular complexity index is 1090. The van der Waals surface area contributed by atoms with Crippen LogP contribution in [0, 0.1) is 5.92 Å². The van der Waals surface area contributed by atoms with Gasteiger partial charge in [-0.05, 0) is 29.7 Å². The van der Waals surface area contributed by atoms with E-state index in [0.717, 1.165) is 16.6 Å². The fraction of sp³-hybridized carbons (Fsp3) is 0.375. The summed E-state index contributed by atoms with van der Waals surface area (Å²) in [4.78, 5) is 23.9. The average Bonchev–Trinajstić information content (AvgIpc) is 2.76. The van der Waals surface area contributed by atoms with Gasteiger partial charge < -0.3 is 21.1 Å². The number of piperidine rings is 1. The summed E-state index contributed by atoms with van der Waals surface area (Å²) in [5.74, 6) is 0.122. The number of benzene rings is 1. The molecular formula is C24H29N5O2. The molecule has 3 heterocycles. The molecule has 1 amide bonds. The Kier molecular flexibility index (Phi) is 5.89. The third kappa shape index (κ3) is 4.38. The number of anilines is 2. The molecule has 31 heavy (non-hydrogen) atoms. The molecule has 1 aliphatic heterocycles. The number of nitrogens with two attached hydrogens (primary N) is 1. The molecule has 1 aromatic carbocycles. The number of carbonyl (C=O) groups excluding carboxylic acids is 1. The molecular weight excluding hydrogens is 390 g/mol.